The molecule has 106 valence electrons. The summed E-state index contributed by atoms with van der Waals surface area (Å²) in [5, 5.41) is 8.82. The Hall–Kier alpha value is -1.33. The number of rotatable bonds is 8. The summed E-state index contributed by atoms with van der Waals surface area (Å²) in [6.45, 7) is 6.22. The molecule has 0 aliphatic carbocycles. The van der Waals surface area contributed by atoms with Crippen LogP contribution in [0.5, 0.6) is 0 Å². The highest BCUT2D eigenvalue weighted by molar-refractivity contribution is 5.95. The van der Waals surface area contributed by atoms with E-state index in [0.717, 1.165) is 19.3 Å². The highest BCUT2D eigenvalue weighted by atomic mass is 19.1. The van der Waals surface area contributed by atoms with E-state index in [-0.39, 0.29) is 18.3 Å². The predicted octanol–water partition coefficient (Wildman–Crippen LogP) is 1.74. The Labute approximate surface area is 113 Å². The van der Waals surface area contributed by atoms with Gasteiger partial charge in [0.25, 0.3) is 0 Å². The summed E-state index contributed by atoms with van der Waals surface area (Å²) < 4.78 is 12.7. The molecule has 1 atom stereocenters. The van der Waals surface area contributed by atoms with Gasteiger partial charge in [-0.3, -0.25) is 9.78 Å². The normalized spacial score (nSPS) is 12.7. The van der Waals surface area contributed by atoms with Gasteiger partial charge in [-0.25, -0.2) is 4.39 Å². The van der Waals surface area contributed by atoms with E-state index < -0.39 is 5.82 Å². The quantitative estimate of drug-likeness (QED) is 0.730. The average molecular weight is 268 g/mol. The number of Topliss-reactive ketones (excluding diaryl/α,β-unsaturated/α-hetero) is 1. The molecule has 1 unspecified atom stereocenters. The SMILES string of the molecule is CCN(CCCO)CC(C)C(=O)c1ccc(F)cn1. The largest absolute Gasteiger partial charge is 0.396 e. The Morgan fingerprint density at radius 1 is 1.53 bits per heavy atom. The van der Waals surface area contributed by atoms with Crippen LogP contribution in [0.3, 0.4) is 0 Å². The Morgan fingerprint density at radius 2 is 2.26 bits per heavy atom. The van der Waals surface area contributed by atoms with Gasteiger partial charge in [0.1, 0.15) is 11.5 Å². The van der Waals surface area contributed by atoms with Crippen LogP contribution in [0.25, 0.3) is 0 Å². The van der Waals surface area contributed by atoms with E-state index in [0.29, 0.717) is 18.7 Å². The molecule has 1 N–H and O–H groups in total. The van der Waals surface area contributed by atoms with Gasteiger partial charge in [-0.1, -0.05) is 13.8 Å². The second kappa shape index (κ2) is 7.96. The summed E-state index contributed by atoms with van der Waals surface area (Å²) in [5.41, 5.74) is 0.298. The molecule has 0 bridgehead atoms. The van der Waals surface area contributed by atoms with E-state index in [1.165, 1.54) is 12.1 Å². The van der Waals surface area contributed by atoms with Crippen LogP contribution in [-0.2, 0) is 0 Å². The second-order valence-corrected chi connectivity index (χ2v) is 4.60. The maximum Gasteiger partial charge on any atom is 0.185 e. The highest BCUT2D eigenvalue weighted by Crippen LogP contribution is 2.09. The molecule has 0 saturated heterocycles. The number of hydrogen-bond acceptors (Lipinski definition) is 4. The van der Waals surface area contributed by atoms with Gasteiger partial charge in [-0.05, 0) is 25.1 Å². The number of hydrogen-bond donors (Lipinski definition) is 1. The molecular formula is C14H21FN2O2. The molecule has 0 saturated carbocycles. The molecule has 0 fully saturated rings. The lowest BCUT2D eigenvalue weighted by Crippen LogP contribution is -2.33. The van der Waals surface area contributed by atoms with Crippen molar-refractivity contribution in [2.24, 2.45) is 5.92 Å². The van der Waals surface area contributed by atoms with Crippen molar-refractivity contribution in [3.63, 3.8) is 0 Å². The molecule has 0 aliphatic heterocycles. The lowest BCUT2D eigenvalue weighted by molar-refractivity contribution is 0.0888. The van der Waals surface area contributed by atoms with Gasteiger partial charge in [0.05, 0.1) is 6.20 Å². The molecule has 4 nitrogen and oxygen atoms in total. The summed E-state index contributed by atoms with van der Waals surface area (Å²) in [7, 11) is 0. The zero-order valence-electron chi connectivity index (χ0n) is 11.5. The summed E-state index contributed by atoms with van der Waals surface area (Å²) in [6.07, 6.45) is 1.76. The number of aliphatic hydroxyl groups excluding tert-OH is 1. The van der Waals surface area contributed by atoms with Crippen molar-refractivity contribution in [3.05, 3.63) is 29.8 Å². The van der Waals surface area contributed by atoms with E-state index in [9.17, 15) is 9.18 Å². The van der Waals surface area contributed by atoms with Gasteiger partial charge in [-0.2, -0.15) is 0 Å². The van der Waals surface area contributed by atoms with E-state index in [2.05, 4.69) is 9.88 Å². The van der Waals surface area contributed by atoms with Crippen LogP contribution in [-0.4, -0.2) is 47.0 Å². The zero-order chi connectivity index (χ0) is 14.3. The first kappa shape index (κ1) is 15.7. The van der Waals surface area contributed by atoms with E-state index in [4.69, 9.17) is 5.11 Å². The number of nitrogens with zero attached hydrogens (tertiary/aromatic N) is 2. The third-order valence-electron chi connectivity index (χ3n) is 3.04. The minimum Gasteiger partial charge on any atom is -0.396 e. The summed E-state index contributed by atoms with van der Waals surface area (Å²) in [6, 6.07) is 2.66. The lowest BCUT2D eigenvalue weighted by atomic mass is 10.0. The van der Waals surface area contributed by atoms with Gasteiger partial charge < -0.3 is 10.0 Å². The molecule has 0 aromatic carbocycles. The molecule has 0 radical (unpaired) electrons. The first-order valence-electron chi connectivity index (χ1n) is 6.57. The van der Waals surface area contributed by atoms with Crippen molar-refractivity contribution in [1.29, 1.82) is 0 Å². The number of ketones is 1. The summed E-state index contributed by atoms with van der Waals surface area (Å²) in [5.74, 6) is -0.721. The third-order valence-corrected chi connectivity index (χ3v) is 3.04. The van der Waals surface area contributed by atoms with Crippen LogP contribution in [0, 0.1) is 11.7 Å². The minimum atomic E-state index is -0.442. The molecule has 1 aromatic heterocycles. The molecule has 5 heteroatoms. The summed E-state index contributed by atoms with van der Waals surface area (Å²) >= 11 is 0. The topological polar surface area (TPSA) is 53.4 Å². The first-order valence-corrected chi connectivity index (χ1v) is 6.57. The van der Waals surface area contributed by atoms with Crippen molar-refractivity contribution < 1.29 is 14.3 Å². The zero-order valence-corrected chi connectivity index (χ0v) is 11.5. The number of halogens is 1. The number of pyridine rings is 1. The van der Waals surface area contributed by atoms with Crippen molar-refractivity contribution in [1.82, 2.24) is 9.88 Å². The second-order valence-electron chi connectivity index (χ2n) is 4.60. The van der Waals surface area contributed by atoms with E-state index in [1.807, 2.05) is 13.8 Å². The van der Waals surface area contributed by atoms with Gasteiger partial charge in [0.2, 0.25) is 0 Å². The fourth-order valence-corrected chi connectivity index (χ4v) is 1.92. The molecule has 0 spiro atoms. The van der Waals surface area contributed by atoms with Crippen LogP contribution in [0.15, 0.2) is 18.3 Å². The van der Waals surface area contributed by atoms with Gasteiger partial charge in [0, 0.05) is 25.6 Å². The molecule has 1 aromatic rings. The van der Waals surface area contributed by atoms with Gasteiger partial charge in [-0.15, -0.1) is 0 Å². The standard InChI is InChI=1S/C14H21FN2O2/c1-3-17(7-4-8-18)10-11(2)14(19)13-6-5-12(15)9-16-13/h5-6,9,11,18H,3-4,7-8,10H2,1-2H3. The maximum absolute atomic E-state index is 12.7. The van der Waals surface area contributed by atoms with Crippen LogP contribution in [0.4, 0.5) is 4.39 Å². The molecule has 1 rings (SSSR count). The molecular weight excluding hydrogens is 247 g/mol. The van der Waals surface area contributed by atoms with Crippen LogP contribution >= 0.6 is 0 Å². The fourth-order valence-electron chi connectivity index (χ4n) is 1.92. The van der Waals surface area contributed by atoms with Gasteiger partial charge in [0.15, 0.2) is 5.78 Å². The third kappa shape index (κ3) is 5.04. The summed E-state index contributed by atoms with van der Waals surface area (Å²) in [4.78, 5) is 18.0. The average Bonchev–Trinajstić information content (AvgIpc) is 2.43. The van der Waals surface area contributed by atoms with Crippen LogP contribution < -0.4 is 0 Å². The van der Waals surface area contributed by atoms with Crippen molar-refractivity contribution >= 4 is 5.78 Å². The number of aromatic nitrogens is 1. The molecule has 0 amide bonds. The maximum atomic E-state index is 12.7. The smallest absolute Gasteiger partial charge is 0.185 e. The fraction of sp³-hybridized carbons (Fsp3) is 0.571. The Bertz CT molecular complexity index is 395. The molecule has 19 heavy (non-hydrogen) atoms. The number of aliphatic hydroxyl groups is 1. The number of carbonyl (C=O) groups is 1. The monoisotopic (exact) mass is 268 g/mol. The Kier molecular flexibility index (Phi) is 6.59. The first-order chi connectivity index (χ1) is 9.08. The lowest BCUT2D eigenvalue weighted by Gasteiger charge is -2.23. The molecule has 1 heterocycles. The minimum absolute atomic E-state index is 0.0811. The van der Waals surface area contributed by atoms with Crippen molar-refractivity contribution in [2.45, 2.75) is 20.3 Å². The van der Waals surface area contributed by atoms with Gasteiger partial charge >= 0.3 is 0 Å². The highest BCUT2D eigenvalue weighted by Gasteiger charge is 2.18. The van der Waals surface area contributed by atoms with Crippen LogP contribution in [0.2, 0.25) is 0 Å². The van der Waals surface area contributed by atoms with Crippen molar-refractivity contribution in [3.8, 4) is 0 Å². The molecule has 0 aliphatic rings. The van der Waals surface area contributed by atoms with Crippen LogP contribution in [0.1, 0.15) is 30.8 Å². The predicted molar refractivity (Wildman–Crippen MR) is 71.5 cm³/mol. The Morgan fingerprint density at radius 3 is 2.79 bits per heavy atom. The van der Waals surface area contributed by atoms with E-state index >= 15 is 0 Å². The van der Waals surface area contributed by atoms with E-state index in [1.54, 1.807) is 0 Å². The Balaban J connectivity index is 2.58. The number of carbonyl (C=O) groups excluding carboxylic acids is 1. The van der Waals surface area contributed by atoms with Crippen molar-refractivity contribution in [2.75, 3.05) is 26.2 Å².